The van der Waals surface area contributed by atoms with E-state index in [9.17, 15) is 4.79 Å². The number of benzene rings is 1. The predicted molar refractivity (Wildman–Crippen MR) is 58.2 cm³/mol. The standard InChI is InChI=1S/C12H13NO3/c1-15-8-12(14)11(7-13)9-4-3-5-10(6-9)16-2/h3-6,11H,8H2,1-2H3. The Hall–Kier alpha value is -1.86. The van der Waals surface area contributed by atoms with Crippen molar-refractivity contribution < 1.29 is 14.3 Å². The van der Waals surface area contributed by atoms with Gasteiger partial charge in [0.2, 0.25) is 0 Å². The predicted octanol–water partition coefficient (Wildman–Crippen LogP) is 1.52. The molecule has 0 amide bonds. The Morgan fingerprint density at radius 3 is 2.81 bits per heavy atom. The van der Waals surface area contributed by atoms with Gasteiger partial charge in [0.15, 0.2) is 5.78 Å². The van der Waals surface area contributed by atoms with E-state index >= 15 is 0 Å². The van der Waals surface area contributed by atoms with Crippen molar-refractivity contribution in [1.82, 2.24) is 0 Å². The van der Waals surface area contributed by atoms with Gasteiger partial charge in [0.05, 0.1) is 13.2 Å². The van der Waals surface area contributed by atoms with E-state index in [4.69, 9.17) is 14.7 Å². The van der Waals surface area contributed by atoms with Crippen molar-refractivity contribution in [2.24, 2.45) is 0 Å². The second kappa shape index (κ2) is 5.89. The highest BCUT2D eigenvalue weighted by Crippen LogP contribution is 2.21. The number of rotatable bonds is 5. The lowest BCUT2D eigenvalue weighted by Gasteiger charge is -2.09. The first-order valence-corrected chi connectivity index (χ1v) is 4.78. The van der Waals surface area contributed by atoms with Crippen LogP contribution in [0.4, 0.5) is 0 Å². The number of nitrogens with zero attached hydrogens (tertiary/aromatic N) is 1. The number of hydrogen-bond acceptors (Lipinski definition) is 4. The van der Waals surface area contributed by atoms with E-state index < -0.39 is 5.92 Å². The van der Waals surface area contributed by atoms with Gasteiger partial charge in [0.25, 0.3) is 0 Å². The summed E-state index contributed by atoms with van der Waals surface area (Å²) in [7, 11) is 2.97. The van der Waals surface area contributed by atoms with Crippen LogP contribution in [0.3, 0.4) is 0 Å². The molecule has 84 valence electrons. The summed E-state index contributed by atoms with van der Waals surface area (Å²) in [5.74, 6) is -0.420. The zero-order valence-electron chi connectivity index (χ0n) is 9.27. The van der Waals surface area contributed by atoms with E-state index in [0.29, 0.717) is 11.3 Å². The van der Waals surface area contributed by atoms with Crippen LogP contribution in [0.15, 0.2) is 24.3 Å². The molecule has 1 atom stereocenters. The largest absolute Gasteiger partial charge is 0.497 e. The molecule has 0 heterocycles. The van der Waals surface area contributed by atoms with Gasteiger partial charge in [-0.2, -0.15) is 5.26 Å². The first kappa shape index (κ1) is 12.2. The van der Waals surface area contributed by atoms with Crippen LogP contribution in [0.1, 0.15) is 11.5 Å². The molecule has 0 saturated heterocycles. The third kappa shape index (κ3) is 2.81. The van der Waals surface area contributed by atoms with Gasteiger partial charge in [0, 0.05) is 7.11 Å². The average Bonchev–Trinajstić information content (AvgIpc) is 2.31. The maximum absolute atomic E-state index is 11.6. The lowest BCUT2D eigenvalue weighted by Crippen LogP contribution is -2.16. The van der Waals surface area contributed by atoms with Gasteiger partial charge in [-0.15, -0.1) is 0 Å². The summed E-state index contributed by atoms with van der Waals surface area (Å²) in [6.45, 7) is -0.0601. The minimum atomic E-state index is -0.796. The van der Waals surface area contributed by atoms with Crippen LogP contribution >= 0.6 is 0 Å². The maximum Gasteiger partial charge on any atom is 0.179 e. The zero-order chi connectivity index (χ0) is 12.0. The number of hydrogen-bond donors (Lipinski definition) is 0. The maximum atomic E-state index is 11.6. The van der Waals surface area contributed by atoms with Crippen LogP contribution < -0.4 is 4.74 Å². The quantitative estimate of drug-likeness (QED) is 0.753. The summed E-state index contributed by atoms with van der Waals surface area (Å²) in [6.07, 6.45) is 0. The van der Waals surface area contributed by atoms with Gasteiger partial charge in [-0.1, -0.05) is 12.1 Å². The van der Waals surface area contributed by atoms with Crippen LogP contribution in [0, 0.1) is 11.3 Å². The number of ketones is 1. The zero-order valence-corrected chi connectivity index (χ0v) is 9.27. The number of carbonyl (C=O) groups is 1. The van der Waals surface area contributed by atoms with E-state index in [1.807, 2.05) is 6.07 Å². The molecule has 0 N–H and O–H groups in total. The minimum absolute atomic E-state index is 0.0601. The molecule has 0 fully saturated rings. The summed E-state index contributed by atoms with van der Waals surface area (Å²) in [5.41, 5.74) is 0.629. The summed E-state index contributed by atoms with van der Waals surface area (Å²) in [4.78, 5) is 11.6. The molecule has 16 heavy (non-hydrogen) atoms. The van der Waals surface area contributed by atoms with Crippen molar-refractivity contribution in [3.63, 3.8) is 0 Å². The first-order chi connectivity index (χ1) is 7.72. The van der Waals surface area contributed by atoms with E-state index in [0.717, 1.165) is 0 Å². The second-order valence-corrected chi connectivity index (χ2v) is 3.24. The Morgan fingerprint density at radius 2 is 2.25 bits per heavy atom. The normalized spacial score (nSPS) is 11.6. The van der Waals surface area contributed by atoms with Gasteiger partial charge in [-0.3, -0.25) is 4.79 Å². The molecule has 0 aliphatic heterocycles. The van der Waals surface area contributed by atoms with Crippen LogP contribution in [0.5, 0.6) is 5.75 Å². The third-order valence-corrected chi connectivity index (χ3v) is 2.16. The Morgan fingerprint density at radius 1 is 1.50 bits per heavy atom. The summed E-state index contributed by atoms with van der Waals surface area (Å²) in [6, 6.07) is 8.89. The fourth-order valence-electron chi connectivity index (χ4n) is 1.38. The molecule has 0 spiro atoms. The van der Waals surface area contributed by atoms with Crippen molar-refractivity contribution >= 4 is 5.78 Å². The van der Waals surface area contributed by atoms with Crippen LogP contribution in [-0.2, 0) is 9.53 Å². The van der Waals surface area contributed by atoms with Crippen LogP contribution in [-0.4, -0.2) is 26.6 Å². The number of ether oxygens (including phenoxy) is 2. The van der Waals surface area contributed by atoms with Crippen molar-refractivity contribution in [2.75, 3.05) is 20.8 Å². The van der Waals surface area contributed by atoms with E-state index in [1.54, 1.807) is 24.3 Å². The highest BCUT2D eigenvalue weighted by atomic mass is 16.5. The van der Waals surface area contributed by atoms with E-state index in [1.165, 1.54) is 14.2 Å². The molecule has 0 bridgehead atoms. The second-order valence-electron chi connectivity index (χ2n) is 3.24. The minimum Gasteiger partial charge on any atom is -0.497 e. The molecule has 4 heteroatoms. The van der Waals surface area contributed by atoms with Crippen molar-refractivity contribution in [2.45, 2.75) is 5.92 Å². The first-order valence-electron chi connectivity index (χ1n) is 4.78. The lowest BCUT2D eigenvalue weighted by molar-refractivity contribution is -0.122. The average molecular weight is 219 g/mol. The van der Waals surface area contributed by atoms with Gasteiger partial charge >= 0.3 is 0 Å². The van der Waals surface area contributed by atoms with Gasteiger partial charge in [-0.25, -0.2) is 0 Å². The lowest BCUT2D eigenvalue weighted by atomic mass is 9.96. The van der Waals surface area contributed by atoms with Crippen molar-refractivity contribution in [3.8, 4) is 11.8 Å². The van der Waals surface area contributed by atoms with Gasteiger partial charge < -0.3 is 9.47 Å². The Balaban J connectivity index is 2.95. The molecule has 0 aliphatic carbocycles. The highest BCUT2D eigenvalue weighted by Gasteiger charge is 2.19. The fourth-order valence-corrected chi connectivity index (χ4v) is 1.38. The summed E-state index contributed by atoms with van der Waals surface area (Å²) < 4.78 is 9.77. The number of methoxy groups -OCH3 is 2. The Kier molecular flexibility index (Phi) is 4.49. The molecular formula is C12H13NO3. The van der Waals surface area contributed by atoms with Gasteiger partial charge in [-0.05, 0) is 17.7 Å². The molecule has 1 unspecified atom stereocenters. The van der Waals surface area contributed by atoms with Crippen LogP contribution in [0.25, 0.3) is 0 Å². The molecule has 0 radical (unpaired) electrons. The Labute approximate surface area is 94.4 Å². The van der Waals surface area contributed by atoms with Crippen molar-refractivity contribution in [1.29, 1.82) is 5.26 Å². The van der Waals surface area contributed by atoms with Crippen LogP contribution in [0.2, 0.25) is 0 Å². The molecule has 1 aromatic carbocycles. The summed E-state index contributed by atoms with van der Waals surface area (Å²) in [5, 5.41) is 8.97. The van der Waals surface area contributed by atoms with E-state index in [2.05, 4.69) is 0 Å². The van der Waals surface area contributed by atoms with E-state index in [-0.39, 0.29) is 12.4 Å². The topological polar surface area (TPSA) is 59.3 Å². The summed E-state index contributed by atoms with van der Waals surface area (Å²) >= 11 is 0. The molecule has 0 aromatic heterocycles. The molecule has 1 aromatic rings. The molecule has 1 rings (SSSR count). The van der Waals surface area contributed by atoms with Crippen molar-refractivity contribution in [3.05, 3.63) is 29.8 Å². The monoisotopic (exact) mass is 219 g/mol. The number of carbonyl (C=O) groups excluding carboxylic acids is 1. The number of Topliss-reactive ketones (excluding diaryl/α,β-unsaturated/α-hetero) is 1. The molecule has 0 saturated carbocycles. The number of nitriles is 1. The Bertz CT molecular complexity index is 409. The molecule has 0 aliphatic rings. The molecule has 4 nitrogen and oxygen atoms in total. The third-order valence-electron chi connectivity index (χ3n) is 2.16. The fraction of sp³-hybridized carbons (Fsp3) is 0.333. The SMILES string of the molecule is COCC(=O)C(C#N)c1cccc(OC)c1. The smallest absolute Gasteiger partial charge is 0.179 e. The van der Waals surface area contributed by atoms with Gasteiger partial charge in [0.1, 0.15) is 18.3 Å². The molecular weight excluding hydrogens is 206 g/mol. The highest BCUT2D eigenvalue weighted by molar-refractivity contribution is 5.89.